The standard InChI is InChI=1S/C10H22N2O.C2H6O4S/c1-5-10(13)11-8-7-9-12(3,4)6-2;1-2-6-7(3,4)5/h5-9H2,1-4H3;2H2,1H3,(H,3,4,5). The molecule has 0 aromatic rings. The van der Waals surface area contributed by atoms with Gasteiger partial charge in [-0.05, 0) is 13.8 Å². The Balaban J connectivity index is 0. The highest BCUT2D eigenvalue weighted by molar-refractivity contribution is 7.80. The molecular formula is C12H28N2O5S. The van der Waals surface area contributed by atoms with E-state index in [4.69, 9.17) is 0 Å². The van der Waals surface area contributed by atoms with Gasteiger partial charge in [-0.1, -0.05) is 6.92 Å². The van der Waals surface area contributed by atoms with Crippen LogP contribution in [0.3, 0.4) is 0 Å². The number of quaternary nitrogens is 1. The summed E-state index contributed by atoms with van der Waals surface area (Å²) in [6.07, 6.45) is 1.65. The molecular weight excluding hydrogens is 284 g/mol. The normalized spacial score (nSPS) is 11.5. The lowest BCUT2D eigenvalue weighted by Crippen LogP contribution is -2.41. The summed E-state index contributed by atoms with van der Waals surface area (Å²) < 4.78 is 33.0. The molecule has 0 heterocycles. The first-order valence-electron chi connectivity index (χ1n) is 6.76. The minimum atomic E-state index is -4.42. The summed E-state index contributed by atoms with van der Waals surface area (Å²) in [5.41, 5.74) is 0. The summed E-state index contributed by atoms with van der Waals surface area (Å²) in [7, 11) is -0.00426. The highest BCUT2D eigenvalue weighted by Gasteiger charge is 2.10. The Morgan fingerprint density at radius 1 is 1.25 bits per heavy atom. The monoisotopic (exact) mass is 312 g/mol. The van der Waals surface area contributed by atoms with Gasteiger partial charge in [0.15, 0.2) is 0 Å². The predicted molar refractivity (Wildman–Crippen MR) is 76.8 cm³/mol. The van der Waals surface area contributed by atoms with E-state index >= 15 is 0 Å². The first kappa shape index (κ1) is 21.6. The Morgan fingerprint density at radius 3 is 2.10 bits per heavy atom. The molecule has 0 aliphatic rings. The smallest absolute Gasteiger partial charge is 0.219 e. The van der Waals surface area contributed by atoms with Crippen molar-refractivity contribution < 1.29 is 26.4 Å². The fourth-order valence-electron chi connectivity index (χ4n) is 1.16. The van der Waals surface area contributed by atoms with Crippen molar-refractivity contribution in [3.05, 3.63) is 0 Å². The maximum atomic E-state index is 10.9. The second-order valence-electron chi connectivity index (χ2n) is 4.85. The number of nitrogens with one attached hydrogen (secondary N) is 1. The molecule has 8 heteroatoms. The summed E-state index contributed by atoms with van der Waals surface area (Å²) in [5, 5.41) is 2.88. The zero-order valence-corrected chi connectivity index (χ0v) is 14.0. The molecule has 0 aromatic heterocycles. The molecule has 0 fully saturated rings. The number of rotatable bonds is 8. The average molecular weight is 312 g/mol. The van der Waals surface area contributed by atoms with Gasteiger partial charge >= 0.3 is 0 Å². The Morgan fingerprint density at radius 2 is 1.80 bits per heavy atom. The molecule has 0 atom stereocenters. The lowest BCUT2D eigenvalue weighted by atomic mass is 10.3. The van der Waals surface area contributed by atoms with Crippen molar-refractivity contribution in [2.45, 2.75) is 33.6 Å². The number of hydrogen-bond acceptors (Lipinski definition) is 5. The van der Waals surface area contributed by atoms with Crippen molar-refractivity contribution >= 4 is 16.3 Å². The first-order chi connectivity index (χ1) is 9.08. The van der Waals surface area contributed by atoms with E-state index in [1.165, 1.54) is 6.92 Å². The van der Waals surface area contributed by atoms with Crippen molar-refractivity contribution in [1.82, 2.24) is 5.32 Å². The maximum absolute atomic E-state index is 10.9. The van der Waals surface area contributed by atoms with Gasteiger partial charge in [-0.25, -0.2) is 8.42 Å². The van der Waals surface area contributed by atoms with Crippen LogP contribution in [0, 0.1) is 0 Å². The van der Waals surface area contributed by atoms with E-state index in [-0.39, 0.29) is 12.5 Å². The van der Waals surface area contributed by atoms with Crippen LogP contribution in [0.25, 0.3) is 0 Å². The summed E-state index contributed by atoms with van der Waals surface area (Å²) in [6.45, 7) is 8.48. The molecule has 1 amide bonds. The summed E-state index contributed by atoms with van der Waals surface area (Å²) in [5.74, 6) is 0.154. The zero-order valence-electron chi connectivity index (χ0n) is 13.1. The van der Waals surface area contributed by atoms with Crippen LogP contribution in [0.2, 0.25) is 0 Å². The van der Waals surface area contributed by atoms with E-state index in [2.05, 4.69) is 30.5 Å². The Labute approximate surface area is 122 Å². The van der Waals surface area contributed by atoms with Gasteiger partial charge in [0.2, 0.25) is 16.3 Å². The molecule has 0 aliphatic carbocycles. The summed E-state index contributed by atoms with van der Waals surface area (Å²) in [4.78, 5) is 10.9. The predicted octanol–water partition coefficient (Wildman–Crippen LogP) is 0.482. The second kappa shape index (κ2) is 11.0. The molecule has 0 unspecified atom stereocenters. The van der Waals surface area contributed by atoms with Crippen LogP contribution >= 0.6 is 0 Å². The topological polar surface area (TPSA) is 95.5 Å². The summed E-state index contributed by atoms with van der Waals surface area (Å²) in [6, 6.07) is 0. The Kier molecular flexibility index (Phi) is 11.9. The quantitative estimate of drug-likeness (QED) is 0.304. The van der Waals surface area contributed by atoms with Gasteiger partial charge in [-0.3, -0.25) is 8.98 Å². The molecule has 7 nitrogen and oxygen atoms in total. The van der Waals surface area contributed by atoms with Crippen LogP contribution in [-0.2, 0) is 19.4 Å². The highest BCUT2D eigenvalue weighted by Crippen LogP contribution is 1.97. The van der Waals surface area contributed by atoms with Gasteiger partial charge in [-0.2, -0.15) is 0 Å². The Bertz CT molecular complexity index is 355. The lowest BCUT2D eigenvalue weighted by Gasteiger charge is -2.28. The first-order valence-corrected chi connectivity index (χ1v) is 8.10. The largest absolute Gasteiger partial charge is 0.726 e. The number of hydrogen-bond donors (Lipinski definition) is 1. The zero-order chi connectivity index (χ0) is 16.2. The minimum Gasteiger partial charge on any atom is -0.726 e. The van der Waals surface area contributed by atoms with Gasteiger partial charge < -0.3 is 14.4 Å². The molecule has 0 spiro atoms. The van der Waals surface area contributed by atoms with Gasteiger partial charge in [0.05, 0.1) is 33.8 Å². The molecule has 0 aromatic carbocycles. The summed E-state index contributed by atoms with van der Waals surface area (Å²) >= 11 is 0. The van der Waals surface area contributed by atoms with Crippen molar-refractivity contribution in [2.24, 2.45) is 0 Å². The van der Waals surface area contributed by atoms with Crippen LogP contribution in [0.5, 0.6) is 0 Å². The number of carbonyl (C=O) groups is 1. The van der Waals surface area contributed by atoms with E-state index in [9.17, 15) is 17.8 Å². The Hall–Kier alpha value is -0.700. The second-order valence-corrected chi connectivity index (χ2v) is 5.90. The third-order valence-corrected chi connectivity index (χ3v) is 3.23. The molecule has 1 N–H and O–H groups in total. The molecule has 122 valence electrons. The third-order valence-electron chi connectivity index (χ3n) is 2.70. The fraction of sp³-hybridized carbons (Fsp3) is 0.917. The van der Waals surface area contributed by atoms with Gasteiger partial charge in [0.25, 0.3) is 0 Å². The number of amides is 1. The number of nitrogens with zero attached hydrogens (tertiary/aromatic N) is 1. The molecule has 0 saturated heterocycles. The number of carbonyl (C=O) groups excluding carboxylic acids is 1. The molecule has 20 heavy (non-hydrogen) atoms. The molecule has 0 radical (unpaired) electrons. The minimum absolute atomic E-state index is 0.0914. The molecule has 0 rings (SSSR count). The van der Waals surface area contributed by atoms with Crippen molar-refractivity contribution in [2.75, 3.05) is 40.3 Å². The molecule has 0 aliphatic heterocycles. The van der Waals surface area contributed by atoms with Crippen LogP contribution in [0.4, 0.5) is 0 Å². The van der Waals surface area contributed by atoms with Gasteiger partial charge in [0.1, 0.15) is 0 Å². The third kappa shape index (κ3) is 17.3. The highest BCUT2D eigenvalue weighted by atomic mass is 32.3. The molecule has 0 bridgehead atoms. The van der Waals surface area contributed by atoms with Gasteiger partial charge in [0, 0.05) is 19.4 Å². The van der Waals surface area contributed by atoms with E-state index in [1.807, 2.05) is 6.92 Å². The van der Waals surface area contributed by atoms with Crippen molar-refractivity contribution in [3.8, 4) is 0 Å². The van der Waals surface area contributed by atoms with Gasteiger partial charge in [-0.15, -0.1) is 0 Å². The fourth-order valence-corrected chi connectivity index (χ4v) is 1.45. The van der Waals surface area contributed by atoms with E-state index < -0.39 is 10.4 Å². The van der Waals surface area contributed by atoms with Crippen molar-refractivity contribution in [1.29, 1.82) is 0 Å². The van der Waals surface area contributed by atoms with E-state index in [0.29, 0.717) is 6.42 Å². The maximum Gasteiger partial charge on any atom is 0.219 e. The van der Waals surface area contributed by atoms with Crippen LogP contribution in [0.15, 0.2) is 0 Å². The SMILES string of the molecule is CCC(=O)NCCC[N+](C)(C)CC.CCOS(=O)(=O)[O-]. The average Bonchev–Trinajstić information content (AvgIpc) is 2.33. The van der Waals surface area contributed by atoms with Crippen LogP contribution in [-0.4, -0.2) is 63.7 Å². The van der Waals surface area contributed by atoms with Crippen molar-refractivity contribution in [3.63, 3.8) is 0 Å². The van der Waals surface area contributed by atoms with Crippen LogP contribution in [0.1, 0.15) is 33.6 Å². The van der Waals surface area contributed by atoms with E-state index in [0.717, 1.165) is 30.5 Å². The van der Waals surface area contributed by atoms with Crippen LogP contribution < -0.4 is 5.32 Å². The van der Waals surface area contributed by atoms with E-state index in [1.54, 1.807) is 0 Å². The molecule has 0 saturated carbocycles. The lowest BCUT2D eigenvalue weighted by molar-refractivity contribution is -0.888.